The van der Waals surface area contributed by atoms with E-state index >= 15 is 0 Å². The molecule has 1 aromatic heterocycles. The van der Waals surface area contributed by atoms with Gasteiger partial charge in [-0.05, 0) is 54.7 Å². The Bertz CT molecular complexity index is 1130. The van der Waals surface area contributed by atoms with Crippen LogP contribution >= 0.6 is 0 Å². The van der Waals surface area contributed by atoms with Gasteiger partial charge < -0.3 is 24.7 Å². The molecule has 2 N–H and O–H groups in total. The summed E-state index contributed by atoms with van der Waals surface area (Å²) < 4.78 is 10.5. The lowest BCUT2D eigenvalue weighted by atomic mass is 9.84. The number of aromatic nitrogens is 1. The number of carbonyl (C=O) groups is 2. The Morgan fingerprint density at radius 3 is 2.52 bits per heavy atom. The molecular formula is C26H31N3O4. The number of fused-ring (bicyclic) bond motifs is 1. The molecule has 0 saturated carbocycles. The third kappa shape index (κ3) is 5.13. The molecular weight excluding hydrogens is 418 g/mol. The van der Waals surface area contributed by atoms with Crippen LogP contribution < -0.4 is 14.8 Å². The molecule has 1 aliphatic rings. The average Bonchev–Trinajstić information content (AvgIpc) is 3.30. The zero-order valence-corrected chi connectivity index (χ0v) is 19.4. The fourth-order valence-corrected chi connectivity index (χ4v) is 4.47. The van der Waals surface area contributed by atoms with Crippen molar-refractivity contribution in [3.05, 3.63) is 59.8 Å². The van der Waals surface area contributed by atoms with E-state index in [0.717, 1.165) is 40.8 Å². The first-order chi connectivity index (χ1) is 16.0. The van der Waals surface area contributed by atoms with Gasteiger partial charge in [0.1, 0.15) is 17.2 Å². The minimum Gasteiger partial charge on any atom is -0.497 e. The lowest BCUT2D eigenvalue weighted by Crippen LogP contribution is -2.42. The number of aromatic amines is 1. The normalized spacial score (nSPS) is 15.3. The van der Waals surface area contributed by atoms with E-state index in [9.17, 15) is 9.59 Å². The summed E-state index contributed by atoms with van der Waals surface area (Å²) in [5.74, 6) is 1.73. The van der Waals surface area contributed by atoms with Crippen LogP contribution in [0.4, 0.5) is 0 Å². The van der Waals surface area contributed by atoms with E-state index in [1.807, 2.05) is 60.4 Å². The molecule has 33 heavy (non-hydrogen) atoms. The Kier molecular flexibility index (Phi) is 6.87. The van der Waals surface area contributed by atoms with Gasteiger partial charge in [0.2, 0.25) is 5.91 Å². The minimum atomic E-state index is -0.103. The Hall–Kier alpha value is -3.48. The zero-order chi connectivity index (χ0) is 23.4. The van der Waals surface area contributed by atoms with Crippen LogP contribution in [0.3, 0.4) is 0 Å². The second kappa shape index (κ2) is 9.98. The first-order valence-electron chi connectivity index (χ1n) is 11.3. The lowest BCUT2D eigenvalue weighted by Gasteiger charge is -2.34. The number of likely N-dealkylation sites (tertiary alicyclic amines) is 1. The smallest absolute Gasteiger partial charge is 0.270 e. The van der Waals surface area contributed by atoms with Crippen LogP contribution in [0.15, 0.2) is 48.5 Å². The van der Waals surface area contributed by atoms with Crippen LogP contribution in [-0.4, -0.2) is 49.0 Å². The summed E-state index contributed by atoms with van der Waals surface area (Å²) in [6.07, 6.45) is 1.63. The quantitative estimate of drug-likeness (QED) is 0.571. The maximum atomic E-state index is 13.0. The molecule has 1 aliphatic heterocycles. The number of benzene rings is 2. The molecule has 0 unspecified atom stereocenters. The highest BCUT2D eigenvalue weighted by molar-refractivity contribution is 5.98. The van der Waals surface area contributed by atoms with Crippen molar-refractivity contribution in [1.82, 2.24) is 15.2 Å². The van der Waals surface area contributed by atoms with E-state index in [4.69, 9.17) is 9.47 Å². The molecule has 174 valence electrons. The number of piperidine rings is 1. The molecule has 0 aliphatic carbocycles. The summed E-state index contributed by atoms with van der Waals surface area (Å²) in [6, 6.07) is 15.3. The first kappa shape index (κ1) is 22.7. The van der Waals surface area contributed by atoms with Gasteiger partial charge in [-0.25, -0.2) is 0 Å². The summed E-state index contributed by atoms with van der Waals surface area (Å²) in [7, 11) is 3.26. The molecule has 2 heterocycles. The van der Waals surface area contributed by atoms with E-state index in [0.29, 0.717) is 25.3 Å². The fraction of sp³-hybridized carbons (Fsp3) is 0.385. The molecule has 0 radical (unpaired) electrons. The Labute approximate surface area is 194 Å². The van der Waals surface area contributed by atoms with Gasteiger partial charge in [0.25, 0.3) is 5.91 Å². The topological polar surface area (TPSA) is 83.7 Å². The summed E-state index contributed by atoms with van der Waals surface area (Å²) in [5.41, 5.74) is 2.47. The van der Waals surface area contributed by atoms with Crippen LogP contribution in [0.2, 0.25) is 0 Å². The van der Waals surface area contributed by atoms with Crippen LogP contribution in [0.25, 0.3) is 10.9 Å². The highest BCUT2D eigenvalue weighted by atomic mass is 16.5. The Morgan fingerprint density at radius 1 is 1.06 bits per heavy atom. The summed E-state index contributed by atoms with van der Waals surface area (Å²) >= 11 is 0. The van der Waals surface area contributed by atoms with E-state index in [1.54, 1.807) is 14.2 Å². The van der Waals surface area contributed by atoms with E-state index in [1.165, 1.54) is 0 Å². The second-order valence-corrected chi connectivity index (χ2v) is 8.62. The minimum absolute atomic E-state index is 0.00116. The van der Waals surface area contributed by atoms with Crippen molar-refractivity contribution >= 4 is 22.7 Å². The number of ether oxygens (including phenoxy) is 2. The SMILES string of the molecule is COc1cccc(CNC(=O)[C@@H](C)C2CCN(C(=O)c3cc4ccc(OC)cc4[nH]3)CC2)c1. The molecule has 1 fully saturated rings. The van der Waals surface area contributed by atoms with Gasteiger partial charge in [-0.15, -0.1) is 0 Å². The van der Waals surface area contributed by atoms with Crippen molar-refractivity contribution in [3.8, 4) is 11.5 Å². The van der Waals surface area contributed by atoms with E-state index in [2.05, 4.69) is 10.3 Å². The van der Waals surface area contributed by atoms with Crippen molar-refractivity contribution in [1.29, 1.82) is 0 Å². The maximum Gasteiger partial charge on any atom is 0.270 e. The molecule has 1 atom stereocenters. The summed E-state index contributed by atoms with van der Waals surface area (Å²) in [5, 5.41) is 4.02. The molecule has 7 heteroatoms. The van der Waals surface area contributed by atoms with E-state index < -0.39 is 0 Å². The lowest BCUT2D eigenvalue weighted by molar-refractivity contribution is -0.126. The number of nitrogens with one attached hydrogen (secondary N) is 2. The standard InChI is InChI=1S/C26H31N3O4/c1-17(25(30)27-16-18-5-4-6-21(13-18)32-2)19-9-11-29(12-10-19)26(31)24-14-20-7-8-22(33-3)15-23(20)28-24/h4-8,13-15,17,19,28H,9-12,16H2,1-3H3,(H,27,30)/t17-/m0/s1. The van der Waals surface area contributed by atoms with Crippen LogP contribution in [-0.2, 0) is 11.3 Å². The number of carbonyl (C=O) groups excluding carboxylic acids is 2. The van der Waals surface area contributed by atoms with Crippen molar-refractivity contribution in [2.75, 3.05) is 27.3 Å². The molecule has 2 amide bonds. The predicted octanol–water partition coefficient (Wildman–Crippen LogP) is 3.99. The van der Waals surface area contributed by atoms with E-state index in [-0.39, 0.29) is 23.7 Å². The van der Waals surface area contributed by atoms with Gasteiger partial charge in [-0.1, -0.05) is 19.1 Å². The maximum absolute atomic E-state index is 13.0. The molecule has 3 aromatic rings. The van der Waals surface area contributed by atoms with Crippen molar-refractivity contribution in [3.63, 3.8) is 0 Å². The highest BCUT2D eigenvalue weighted by Crippen LogP contribution is 2.27. The highest BCUT2D eigenvalue weighted by Gasteiger charge is 2.30. The van der Waals surface area contributed by atoms with Gasteiger partial charge in [0.05, 0.1) is 14.2 Å². The molecule has 1 saturated heterocycles. The number of methoxy groups -OCH3 is 2. The summed E-state index contributed by atoms with van der Waals surface area (Å²) in [6.45, 7) is 3.75. The van der Waals surface area contributed by atoms with Crippen LogP contribution in [0, 0.1) is 11.8 Å². The number of H-pyrrole nitrogens is 1. The Morgan fingerprint density at radius 2 is 1.79 bits per heavy atom. The van der Waals surface area contributed by atoms with Gasteiger partial charge in [0.15, 0.2) is 0 Å². The van der Waals surface area contributed by atoms with Gasteiger partial charge in [0, 0.05) is 42.5 Å². The van der Waals surface area contributed by atoms with Crippen molar-refractivity contribution in [2.24, 2.45) is 11.8 Å². The van der Waals surface area contributed by atoms with Gasteiger partial charge in [-0.3, -0.25) is 9.59 Å². The number of hydrogen-bond donors (Lipinski definition) is 2. The second-order valence-electron chi connectivity index (χ2n) is 8.62. The molecule has 0 bridgehead atoms. The first-order valence-corrected chi connectivity index (χ1v) is 11.3. The molecule has 0 spiro atoms. The van der Waals surface area contributed by atoms with Crippen molar-refractivity contribution < 1.29 is 19.1 Å². The molecule has 4 rings (SSSR count). The number of hydrogen-bond acceptors (Lipinski definition) is 4. The number of amides is 2. The fourth-order valence-electron chi connectivity index (χ4n) is 4.47. The number of nitrogens with zero attached hydrogens (tertiary/aromatic N) is 1. The van der Waals surface area contributed by atoms with Crippen molar-refractivity contribution in [2.45, 2.75) is 26.3 Å². The molecule has 2 aromatic carbocycles. The zero-order valence-electron chi connectivity index (χ0n) is 19.4. The third-order valence-corrected chi connectivity index (χ3v) is 6.61. The predicted molar refractivity (Wildman–Crippen MR) is 127 cm³/mol. The van der Waals surface area contributed by atoms with Crippen LogP contribution in [0.5, 0.6) is 11.5 Å². The monoisotopic (exact) mass is 449 g/mol. The van der Waals surface area contributed by atoms with Gasteiger partial charge >= 0.3 is 0 Å². The average molecular weight is 450 g/mol. The third-order valence-electron chi connectivity index (χ3n) is 6.61. The largest absolute Gasteiger partial charge is 0.497 e. The summed E-state index contributed by atoms with van der Waals surface area (Å²) in [4.78, 5) is 30.8. The van der Waals surface area contributed by atoms with Gasteiger partial charge in [-0.2, -0.15) is 0 Å². The Balaban J connectivity index is 1.30. The number of rotatable bonds is 7. The molecule has 7 nitrogen and oxygen atoms in total. The van der Waals surface area contributed by atoms with Crippen LogP contribution in [0.1, 0.15) is 35.8 Å².